The number of nitrogens with zero attached hydrogens (tertiary/aromatic N) is 6. The molecule has 2 aliphatic heterocycles. The fourth-order valence-corrected chi connectivity index (χ4v) is 5.95. The number of benzene rings is 1. The number of hydrogen-bond acceptors (Lipinski definition) is 7. The van der Waals surface area contributed by atoms with Crippen LogP contribution < -0.4 is 16.3 Å². The molecule has 2 aliphatic rings. The molecule has 1 amide bonds. The van der Waals surface area contributed by atoms with Crippen LogP contribution in [-0.2, 0) is 4.79 Å². The molecule has 0 spiro atoms. The maximum atomic E-state index is 15.9. The number of likely N-dealkylation sites (N-methyl/N-ethyl adjacent to an activating group) is 1. The summed E-state index contributed by atoms with van der Waals surface area (Å²) in [4.78, 5) is 41.0. The second-order valence-corrected chi connectivity index (χ2v) is 11.1. The van der Waals surface area contributed by atoms with Crippen molar-refractivity contribution in [3.05, 3.63) is 76.4 Å². The molecule has 1 unspecified atom stereocenters. The molecule has 0 saturated carbocycles. The third-order valence-electron chi connectivity index (χ3n) is 7.94. The van der Waals surface area contributed by atoms with E-state index in [1.807, 2.05) is 45.7 Å². The zero-order chi connectivity index (χ0) is 30.5. The predicted molar refractivity (Wildman–Crippen MR) is 162 cm³/mol. The Labute approximate surface area is 243 Å². The van der Waals surface area contributed by atoms with Gasteiger partial charge in [-0.2, -0.15) is 4.98 Å². The first-order valence-electron chi connectivity index (χ1n) is 13.9. The van der Waals surface area contributed by atoms with Gasteiger partial charge in [0.15, 0.2) is 11.5 Å². The maximum absolute atomic E-state index is 15.9. The third kappa shape index (κ3) is 4.82. The van der Waals surface area contributed by atoms with Gasteiger partial charge < -0.3 is 20.4 Å². The van der Waals surface area contributed by atoms with Crippen molar-refractivity contribution in [2.24, 2.45) is 5.92 Å². The molecular weight excluding hydrogens is 540 g/mol. The molecule has 1 aromatic carbocycles. The number of fused-ring (bicyclic) bond motifs is 1. The second kappa shape index (κ2) is 11.0. The van der Waals surface area contributed by atoms with Gasteiger partial charge in [-0.15, -0.1) is 0 Å². The molecule has 220 valence electrons. The summed E-state index contributed by atoms with van der Waals surface area (Å²) in [5, 5.41) is 0.290. The van der Waals surface area contributed by atoms with E-state index >= 15 is 8.78 Å². The smallest absolute Gasteiger partial charge is 0.355 e. The van der Waals surface area contributed by atoms with Gasteiger partial charge in [-0.25, -0.2) is 23.1 Å². The van der Waals surface area contributed by atoms with Gasteiger partial charge in [0.05, 0.1) is 16.6 Å². The van der Waals surface area contributed by atoms with Crippen molar-refractivity contribution in [2.45, 2.75) is 33.7 Å². The fraction of sp³-hybridized carbons (Fsp3) is 0.355. The van der Waals surface area contributed by atoms with Crippen molar-refractivity contribution >= 4 is 34.1 Å². The van der Waals surface area contributed by atoms with E-state index in [-0.39, 0.29) is 51.7 Å². The normalized spacial score (nSPS) is 17.8. The largest absolute Gasteiger partial charge is 0.398 e. The third-order valence-corrected chi connectivity index (χ3v) is 7.94. The number of rotatable bonds is 5. The molecule has 42 heavy (non-hydrogen) atoms. The number of nitrogens with two attached hydrogens (primary N) is 1. The van der Waals surface area contributed by atoms with Gasteiger partial charge in [-0.1, -0.05) is 32.6 Å². The summed E-state index contributed by atoms with van der Waals surface area (Å²) in [7, 11) is 1.94. The van der Waals surface area contributed by atoms with Gasteiger partial charge in [0, 0.05) is 50.7 Å². The van der Waals surface area contributed by atoms with Crippen LogP contribution in [0.3, 0.4) is 0 Å². The summed E-state index contributed by atoms with van der Waals surface area (Å²) in [6, 6.07) is 5.11. The number of carbonyl (C=O) groups is 1. The van der Waals surface area contributed by atoms with E-state index in [1.165, 1.54) is 34.9 Å². The molecule has 1 atom stereocenters. The van der Waals surface area contributed by atoms with Crippen molar-refractivity contribution in [3.8, 4) is 11.3 Å². The van der Waals surface area contributed by atoms with Crippen molar-refractivity contribution in [2.75, 3.05) is 43.9 Å². The number of nitrogen functional groups attached to an aromatic ring is 1. The molecule has 2 aromatic heterocycles. The summed E-state index contributed by atoms with van der Waals surface area (Å²) < 4.78 is 32.4. The van der Waals surface area contributed by atoms with Crippen molar-refractivity contribution in [3.63, 3.8) is 0 Å². The van der Waals surface area contributed by atoms with E-state index in [4.69, 9.17) is 5.73 Å². The Hall–Kier alpha value is -4.54. The molecule has 2 N–H and O–H groups in total. The summed E-state index contributed by atoms with van der Waals surface area (Å²) >= 11 is 0. The molecule has 0 bridgehead atoms. The van der Waals surface area contributed by atoms with Gasteiger partial charge in [-0.05, 0) is 49.6 Å². The van der Waals surface area contributed by atoms with Gasteiger partial charge in [0.2, 0.25) is 5.91 Å². The van der Waals surface area contributed by atoms with Crippen molar-refractivity contribution in [1.82, 2.24) is 24.3 Å². The van der Waals surface area contributed by atoms with Crippen LogP contribution in [0, 0.1) is 17.6 Å². The summed E-state index contributed by atoms with van der Waals surface area (Å²) in [6.45, 7) is 13.2. The van der Waals surface area contributed by atoms with E-state index in [9.17, 15) is 9.59 Å². The quantitative estimate of drug-likeness (QED) is 0.359. The highest BCUT2D eigenvalue weighted by molar-refractivity contribution is 5.93. The van der Waals surface area contributed by atoms with Crippen LogP contribution in [0.2, 0.25) is 0 Å². The van der Waals surface area contributed by atoms with Crippen LogP contribution in [0.1, 0.15) is 27.7 Å². The zero-order valence-electron chi connectivity index (χ0n) is 24.5. The second-order valence-electron chi connectivity index (χ2n) is 11.1. The average Bonchev–Trinajstić information content (AvgIpc) is 2.94. The number of pyridine rings is 1. The lowest BCUT2D eigenvalue weighted by Crippen LogP contribution is -2.54. The van der Waals surface area contributed by atoms with E-state index in [0.29, 0.717) is 31.9 Å². The Kier molecular flexibility index (Phi) is 7.61. The number of allylic oxidation sites excluding steroid dienone is 3. The summed E-state index contributed by atoms with van der Waals surface area (Å²) in [5.74, 6) is -1.43. The van der Waals surface area contributed by atoms with Gasteiger partial charge in [-0.3, -0.25) is 4.79 Å². The number of piperazine rings is 1. The molecule has 1 saturated heterocycles. The molecule has 4 heterocycles. The van der Waals surface area contributed by atoms with Crippen LogP contribution in [0.4, 0.5) is 20.3 Å². The van der Waals surface area contributed by atoms with Gasteiger partial charge in [0.25, 0.3) is 0 Å². The molecule has 11 heteroatoms. The maximum Gasteiger partial charge on any atom is 0.355 e. The highest BCUT2D eigenvalue weighted by Gasteiger charge is 2.32. The summed E-state index contributed by atoms with van der Waals surface area (Å²) in [6.07, 6.45) is 3.27. The van der Waals surface area contributed by atoms with Gasteiger partial charge in [0.1, 0.15) is 17.3 Å². The fourth-order valence-electron chi connectivity index (χ4n) is 5.95. The molecular formula is C31H35F2N7O2. The predicted octanol–water partition coefficient (Wildman–Crippen LogP) is 4.26. The lowest BCUT2D eigenvalue weighted by Gasteiger charge is -2.40. The summed E-state index contributed by atoms with van der Waals surface area (Å²) in [5.41, 5.74) is 7.53. The molecule has 0 aliphatic carbocycles. The van der Waals surface area contributed by atoms with Crippen LogP contribution in [0.5, 0.6) is 0 Å². The monoisotopic (exact) mass is 575 g/mol. The first kappa shape index (κ1) is 29.0. The minimum Gasteiger partial charge on any atom is -0.398 e. The van der Waals surface area contributed by atoms with Crippen molar-refractivity contribution in [1.29, 1.82) is 0 Å². The van der Waals surface area contributed by atoms with Crippen LogP contribution >= 0.6 is 0 Å². The number of carbonyl (C=O) groups excluding carboxylic acids is 1. The number of anilines is 2. The molecule has 5 rings (SSSR count). The van der Waals surface area contributed by atoms with Crippen LogP contribution in [0.25, 0.3) is 28.0 Å². The first-order valence-corrected chi connectivity index (χ1v) is 13.9. The lowest BCUT2D eigenvalue weighted by molar-refractivity contribution is -0.126. The number of amides is 1. The van der Waals surface area contributed by atoms with E-state index in [1.54, 1.807) is 4.90 Å². The minimum atomic E-state index is -0.799. The van der Waals surface area contributed by atoms with Crippen molar-refractivity contribution < 1.29 is 13.6 Å². The highest BCUT2D eigenvalue weighted by Crippen LogP contribution is 2.37. The van der Waals surface area contributed by atoms with Crippen LogP contribution in [0.15, 0.2) is 59.1 Å². The van der Waals surface area contributed by atoms with Crippen LogP contribution in [-0.4, -0.2) is 69.5 Å². The number of hydrogen-bond donors (Lipinski definition) is 1. The van der Waals surface area contributed by atoms with E-state index in [2.05, 4.69) is 21.4 Å². The Morgan fingerprint density at radius 3 is 2.57 bits per heavy atom. The highest BCUT2D eigenvalue weighted by atomic mass is 19.1. The molecule has 1 fully saturated rings. The number of aromatic nitrogens is 3. The first-order chi connectivity index (χ1) is 19.9. The number of halogens is 2. The average molecular weight is 576 g/mol. The topological polar surface area (TPSA) is 101 Å². The lowest BCUT2D eigenvalue weighted by atomic mass is 9.99. The Morgan fingerprint density at radius 2 is 1.93 bits per heavy atom. The Morgan fingerprint density at radius 1 is 1.19 bits per heavy atom. The zero-order valence-corrected chi connectivity index (χ0v) is 24.5. The molecule has 0 radical (unpaired) electrons. The SMILES string of the molecule is C=CC(=O)N1CCN(c2nc(=O)n(C3=C(C(C)C)N(C)CC=C3C)c3nc(-c4c(N)cccc4F)c(F)cc23)C(C)C1. The standard InChI is InChI=1S/C31H35F2N7O2/c1-7-24(41)38-13-14-39(19(5)16-38)29-20-15-22(33)26(25-21(32)9-8-10-23(25)34)35-30(20)40(31(42)36-29)28-18(4)11-12-37(6)27(28)17(2)3/h7-11,15,17,19H,1,12-14,16,34H2,2-6H3. The molecule has 3 aromatic rings. The Balaban J connectivity index is 1.84. The van der Waals surface area contributed by atoms with E-state index < -0.39 is 17.3 Å². The Bertz CT molecular complexity index is 1710. The van der Waals surface area contributed by atoms with E-state index in [0.717, 1.165) is 11.3 Å². The molecule has 9 nitrogen and oxygen atoms in total. The van der Waals surface area contributed by atoms with Gasteiger partial charge >= 0.3 is 5.69 Å². The minimum absolute atomic E-state index is 0.0242.